The summed E-state index contributed by atoms with van der Waals surface area (Å²) in [6.07, 6.45) is 0. The van der Waals surface area contributed by atoms with Crippen LogP contribution in [-0.4, -0.2) is 18.6 Å². The minimum Gasteiger partial charge on any atom is -0.324 e. The summed E-state index contributed by atoms with van der Waals surface area (Å²) in [6, 6.07) is 6.63. The van der Waals surface area contributed by atoms with Crippen LogP contribution in [0.2, 0.25) is 0 Å². The van der Waals surface area contributed by atoms with E-state index in [1.54, 1.807) is 0 Å². The second kappa shape index (κ2) is 3.62. The van der Waals surface area contributed by atoms with Crippen LogP contribution in [0.15, 0.2) is 18.2 Å². The molecule has 1 heterocycles. The van der Waals surface area contributed by atoms with Crippen molar-refractivity contribution in [1.29, 1.82) is 0 Å². The summed E-state index contributed by atoms with van der Waals surface area (Å²) in [6.45, 7) is 8.35. The standard InChI is InChI=1S/C13H20N2/c1-9-4-5-10(2)11(6-9)12-7-15-8-13(12,3)14/h4-6,12,15H,7-8,14H2,1-3H3. The van der Waals surface area contributed by atoms with Crippen LogP contribution in [0.25, 0.3) is 0 Å². The lowest BCUT2D eigenvalue weighted by molar-refractivity contribution is 0.461. The van der Waals surface area contributed by atoms with Crippen LogP contribution in [0.4, 0.5) is 0 Å². The number of benzene rings is 1. The molecule has 2 atom stereocenters. The fourth-order valence-electron chi connectivity index (χ4n) is 2.44. The largest absolute Gasteiger partial charge is 0.324 e. The van der Waals surface area contributed by atoms with Gasteiger partial charge in [0, 0.05) is 24.5 Å². The predicted octanol–water partition coefficient (Wildman–Crippen LogP) is 1.71. The van der Waals surface area contributed by atoms with Gasteiger partial charge in [-0.25, -0.2) is 0 Å². The van der Waals surface area contributed by atoms with Crippen molar-refractivity contribution in [2.75, 3.05) is 13.1 Å². The molecule has 1 aliphatic rings. The molecule has 0 spiro atoms. The number of hydrogen-bond donors (Lipinski definition) is 2. The van der Waals surface area contributed by atoms with E-state index in [4.69, 9.17) is 5.73 Å². The first-order valence-electron chi connectivity index (χ1n) is 5.57. The number of nitrogens with two attached hydrogens (primary N) is 1. The zero-order valence-electron chi connectivity index (χ0n) is 9.80. The van der Waals surface area contributed by atoms with Crippen molar-refractivity contribution >= 4 is 0 Å². The molecule has 0 bridgehead atoms. The van der Waals surface area contributed by atoms with E-state index in [1.807, 2.05) is 0 Å². The third-order valence-electron chi connectivity index (χ3n) is 3.46. The molecule has 2 unspecified atom stereocenters. The van der Waals surface area contributed by atoms with Crippen LogP contribution in [0.3, 0.4) is 0 Å². The van der Waals surface area contributed by atoms with E-state index in [9.17, 15) is 0 Å². The van der Waals surface area contributed by atoms with E-state index < -0.39 is 0 Å². The van der Waals surface area contributed by atoms with Crippen molar-refractivity contribution in [3.63, 3.8) is 0 Å². The maximum atomic E-state index is 6.31. The lowest BCUT2D eigenvalue weighted by atomic mass is 9.82. The Morgan fingerprint density at radius 2 is 2.13 bits per heavy atom. The van der Waals surface area contributed by atoms with Gasteiger partial charge in [0.15, 0.2) is 0 Å². The van der Waals surface area contributed by atoms with Crippen LogP contribution in [-0.2, 0) is 0 Å². The van der Waals surface area contributed by atoms with Crippen LogP contribution in [0, 0.1) is 13.8 Å². The van der Waals surface area contributed by atoms with Crippen molar-refractivity contribution in [2.45, 2.75) is 32.2 Å². The summed E-state index contributed by atoms with van der Waals surface area (Å²) < 4.78 is 0. The summed E-state index contributed by atoms with van der Waals surface area (Å²) in [7, 11) is 0. The molecule has 3 N–H and O–H groups in total. The molecular weight excluding hydrogens is 184 g/mol. The van der Waals surface area contributed by atoms with E-state index >= 15 is 0 Å². The fraction of sp³-hybridized carbons (Fsp3) is 0.538. The Bertz CT molecular complexity index is 369. The molecule has 1 fully saturated rings. The smallest absolute Gasteiger partial charge is 0.0334 e. The van der Waals surface area contributed by atoms with Gasteiger partial charge in [0.05, 0.1) is 0 Å². The molecule has 1 saturated heterocycles. The van der Waals surface area contributed by atoms with Gasteiger partial charge in [-0.05, 0) is 31.9 Å². The van der Waals surface area contributed by atoms with Crippen LogP contribution in [0.1, 0.15) is 29.5 Å². The van der Waals surface area contributed by atoms with Gasteiger partial charge in [-0.15, -0.1) is 0 Å². The third kappa shape index (κ3) is 1.92. The molecule has 82 valence electrons. The monoisotopic (exact) mass is 204 g/mol. The van der Waals surface area contributed by atoms with Gasteiger partial charge in [0.1, 0.15) is 0 Å². The molecule has 15 heavy (non-hydrogen) atoms. The summed E-state index contributed by atoms with van der Waals surface area (Å²) in [5.41, 5.74) is 10.3. The molecule has 2 nitrogen and oxygen atoms in total. The highest BCUT2D eigenvalue weighted by molar-refractivity contribution is 5.36. The van der Waals surface area contributed by atoms with Gasteiger partial charge in [-0.2, -0.15) is 0 Å². The van der Waals surface area contributed by atoms with Crippen LogP contribution >= 0.6 is 0 Å². The molecule has 2 rings (SSSR count). The molecule has 1 aromatic carbocycles. The Hall–Kier alpha value is -0.860. The van der Waals surface area contributed by atoms with Crippen molar-refractivity contribution in [2.24, 2.45) is 5.73 Å². The second-order valence-electron chi connectivity index (χ2n) is 5.05. The average molecular weight is 204 g/mol. The topological polar surface area (TPSA) is 38.0 Å². The number of aryl methyl sites for hydroxylation is 2. The molecule has 0 radical (unpaired) electrons. The highest BCUT2D eigenvalue weighted by atomic mass is 15.0. The second-order valence-corrected chi connectivity index (χ2v) is 5.05. The molecule has 1 aliphatic heterocycles. The minimum absolute atomic E-state index is 0.113. The first-order valence-corrected chi connectivity index (χ1v) is 5.57. The van der Waals surface area contributed by atoms with Crippen LogP contribution in [0.5, 0.6) is 0 Å². The number of hydrogen-bond acceptors (Lipinski definition) is 2. The summed E-state index contributed by atoms with van der Waals surface area (Å²) in [4.78, 5) is 0. The van der Waals surface area contributed by atoms with Crippen molar-refractivity contribution in [3.8, 4) is 0 Å². The van der Waals surface area contributed by atoms with Gasteiger partial charge in [0.2, 0.25) is 0 Å². The predicted molar refractivity (Wildman–Crippen MR) is 64.1 cm³/mol. The molecule has 2 heteroatoms. The number of nitrogens with one attached hydrogen (secondary N) is 1. The van der Waals surface area contributed by atoms with Crippen molar-refractivity contribution in [3.05, 3.63) is 34.9 Å². The highest BCUT2D eigenvalue weighted by Gasteiger charge is 2.36. The molecule has 0 aliphatic carbocycles. The van der Waals surface area contributed by atoms with E-state index in [0.717, 1.165) is 13.1 Å². The lowest BCUT2D eigenvalue weighted by Gasteiger charge is -2.27. The Balaban J connectivity index is 2.40. The molecule has 0 amide bonds. The Morgan fingerprint density at radius 1 is 1.40 bits per heavy atom. The van der Waals surface area contributed by atoms with E-state index in [1.165, 1.54) is 16.7 Å². The zero-order valence-corrected chi connectivity index (χ0v) is 9.80. The number of rotatable bonds is 1. The normalized spacial score (nSPS) is 30.8. The first-order chi connectivity index (χ1) is 7.00. The minimum atomic E-state index is -0.113. The average Bonchev–Trinajstić information content (AvgIpc) is 2.50. The SMILES string of the molecule is Cc1ccc(C)c(C2CNCC2(C)N)c1. The Labute approximate surface area is 91.9 Å². The highest BCUT2D eigenvalue weighted by Crippen LogP contribution is 2.31. The molecular formula is C13H20N2. The summed E-state index contributed by atoms with van der Waals surface area (Å²) in [5.74, 6) is 0.442. The van der Waals surface area contributed by atoms with Gasteiger partial charge in [0.25, 0.3) is 0 Å². The molecule has 0 aromatic heterocycles. The maximum absolute atomic E-state index is 6.31. The quantitative estimate of drug-likeness (QED) is 0.731. The van der Waals surface area contributed by atoms with Crippen LogP contribution < -0.4 is 11.1 Å². The molecule has 0 saturated carbocycles. The third-order valence-corrected chi connectivity index (χ3v) is 3.46. The fourth-order valence-corrected chi connectivity index (χ4v) is 2.44. The lowest BCUT2D eigenvalue weighted by Crippen LogP contribution is -2.43. The Kier molecular flexibility index (Phi) is 2.57. The van der Waals surface area contributed by atoms with Gasteiger partial charge < -0.3 is 11.1 Å². The van der Waals surface area contributed by atoms with E-state index in [2.05, 4.69) is 44.3 Å². The molecule has 1 aromatic rings. The Morgan fingerprint density at radius 3 is 2.73 bits per heavy atom. The summed E-state index contributed by atoms with van der Waals surface area (Å²) in [5, 5.41) is 3.38. The van der Waals surface area contributed by atoms with Gasteiger partial charge in [-0.1, -0.05) is 23.8 Å². The van der Waals surface area contributed by atoms with E-state index in [-0.39, 0.29) is 5.54 Å². The zero-order chi connectivity index (χ0) is 11.1. The van der Waals surface area contributed by atoms with Gasteiger partial charge in [-0.3, -0.25) is 0 Å². The summed E-state index contributed by atoms with van der Waals surface area (Å²) >= 11 is 0. The van der Waals surface area contributed by atoms with Crippen molar-refractivity contribution in [1.82, 2.24) is 5.32 Å². The van der Waals surface area contributed by atoms with Crippen molar-refractivity contribution < 1.29 is 0 Å². The first kappa shape index (κ1) is 10.7. The van der Waals surface area contributed by atoms with Gasteiger partial charge >= 0.3 is 0 Å². The maximum Gasteiger partial charge on any atom is 0.0334 e. The van der Waals surface area contributed by atoms with E-state index in [0.29, 0.717) is 5.92 Å².